The lowest BCUT2D eigenvalue weighted by Gasteiger charge is -2.14. The lowest BCUT2D eigenvalue weighted by Crippen LogP contribution is -2.30. The first kappa shape index (κ1) is 19.5. The monoisotopic (exact) mass is 388 g/mol. The van der Waals surface area contributed by atoms with Crippen molar-refractivity contribution in [3.8, 4) is 16.9 Å². The zero-order valence-corrected chi connectivity index (χ0v) is 15.3. The fourth-order valence-corrected chi connectivity index (χ4v) is 3.00. The maximum absolute atomic E-state index is 12.8. The Labute approximate surface area is 159 Å². The highest BCUT2D eigenvalue weighted by atomic mass is 19.4. The molecule has 0 saturated heterocycles. The van der Waals surface area contributed by atoms with Gasteiger partial charge < -0.3 is 16.2 Å². The largest absolute Gasteiger partial charge is 0.506 e. The van der Waals surface area contributed by atoms with Gasteiger partial charge >= 0.3 is 6.18 Å². The van der Waals surface area contributed by atoms with Gasteiger partial charge in [-0.25, -0.2) is 0 Å². The average molecular weight is 388 g/mol. The molecule has 28 heavy (non-hydrogen) atoms. The van der Waals surface area contributed by atoms with Crippen LogP contribution in [0.4, 0.5) is 18.9 Å². The Kier molecular flexibility index (Phi) is 4.93. The van der Waals surface area contributed by atoms with Crippen LogP contribution in [0.1, 0.15) is 29.8 Å². The summed E-state index contributed by atoms with van der Waals surface area (Å²) in [6.07, 6.45) is -4.43. The minimum absolute atomic E-state index is 0.0487. The summed E-state index contributed by atoms with van der Waals surface area (Å²) in [5.74, 6) is -0.487. The molecular formula is C21H19F3N2O2. The molecule has 146 valence electrons. The number of nitrogen functional groups attached to an aromatic ring is 1. The van der Waals surface area contributed by atoms with E-state index in [1.807, 2.05) is 13.8 Å². The Morgan fingerprint density at radius 1 is 1.04 bits per heavy atom. The predicted molar refractivity (Wildman–Crippen MR) is 103 cm³/mol. The number of hydrogen-bond acceptors (Lipinski definition) is 3. The zero-order chi connectivity index (χ0) is 20.6. The van der Waals surface area contributed by atoms with Gasteiger partial charge in [-0.2, -0.15) is 13.2 Å². The van der Waals surface area contributed by atoms with Crippen LogP contribution in [-0.2, 0) is 6.18 Å². The number of hydrogen-bond donors (Lipinski definition) is 3. The molecule has 0 heterocycles. The molecule has 4 nitrogen and oxygen atoms in total. The van der Waals surface area contributed by atoms with Crippen molar-refractivity contribution >= 4 is 22.4 Å². The number of nitrogens with one attached hydrogen (secondary N) is 1. The van der Waals surface area contributed by atoms with E-state index in [0.717, 1.165) is 12.1 Å². The summed E-state index contributed by atoms with van der Waals surface area (Å²) in [7, 11) is 0. The van der Waals surface area contributed by atoms with Gasteiger partial charge in [0.2, 0.25) is 0 Å². The number of phenolic OH excluding ortho intramolecular Hbond substituents is 1. The van der Waals surface area contributed by atoms with Crippen LogP contribution >= 0.6 is 0 Å². The molecule has 3 aromatic carbocycles. The maximum Gasteiger partial charge on any atom is 0.416 e. The van der Waals surface area contributed by atoms with Gasteiger partial charge in [-0.05, 0) is 60.7 Å². The van der Waals surface area contributed by atoms with Gasteiger partial charge in [0.15, 0.2) is 0 Å². The number of phenols is 1. The van der Waals surface area contributed by atoms with E-state index in [-0.39, 0.29) is 23.4 Å². The Bertz CT molecular complexity index is 1040. The SMILES string of the molecule is CC(C)NC(=O)c1ccc2c(-c3ccc(C(F)(F)F)cc3)cc(O)c(N)c2c1. The lowest BCUT2D eigenvalue weighted by atomic mass is 9.94. The summed E-state index contributed by atoms with van der Waals surface area (Å²) in [6, 6.07) is 10.9. The third-order valence-corrected chi connectivity index (χ3v) is 4.36. The van der Waals surface area contributed by atoms with Crippen LogP contribution in [0.25, 0.3) is 21.9 Å². The Hall–Kier alpha value is -3.22. The van der Waals surface area contributed by atoms with E-state index in [2.05, 4.69) is 5.32 Å². The number of aromatic hydroxyl groups is 1. The molecule has 0 aromatic heterocycles. The summed E-state index contributed by atoms with van der Waals surface area (Å²) in [5.41, 5.74) is 6.72. The number of fused-ring (bicyclic) bond motifs is 1. The van der Waals surface area contributed by atoms with Crippen molar-refractivity contribution in [2.45, 2.75) is 26.1 Å². The molecule has 0 spiro atoms. The first-order valence-electron chi connectivity index (χ1n) is 8.61. The number of carbonyl (C=O) groups is 1. The number of anilines is 1. The topological polar surface area (TPSA) is 75.3 Å². The van der Waals surface area contributed by atoms with Crippen LogP contribution in [0.15, 0.2) is 48.5 Å². The van der Waals surface area contributed by atoms with Crippen molar-refractivity contribution in [2.75, 3.05) is 5.73 Å². The van der Waals surface area contributed by atoms with Gasteiger partial charge in [0.25, 0.3) is 5.91 Å². The number of nitrogens with two attached hydrogens (primary N) is 1. The van der Waals surface area contributed by atoms with Gasteiger partial charge in [-0.3, -0.25) is 4.79 Å². The molecule has 0 unspecified atom stereocenters. The molecule has 7 heteroatoms. The second kappa shape index (κ2) is 7.07. The van der Waals surface area contributed by atoms with Crippen molar-refractivity contribution in [2.24, 2.45) is 0 Å². The van der Waals surface area contributed by atoms with Gasteiger partial charge in [0.1, 0.15) is 5.75 Å². The van der Waals surface area contributed by atoms with Gasteiger partial charge in [-0.1, -0.05) is 18.2 Å². The third-order valence-electron chi connectivity index (χ3n) is 4.36. The smallest absolute Gasteiger partial charge is 0.416 e. The number of alkyl halides is 3. The standard InChI is InChI=1S/C21H19F3N2O2/c1-11(2)26-20(28)13-5-8-15-16(10-18(27)19(25)17(15)9-13)12-3-6-14(7-4-12)21(22,23)24/h3-11,27H,25H2,1-2H3,(H,26,28). The number of amides is 1. The lowest BCUT2D eigenvalue weighted by molar-refractivity contribution is -0.137. The average Bonchev–Trinajstić information content (AvgIpc) is 2.63. The van der Waals surface area contributed by atoms with E-state index in [1.54, 1.807) is 18.2 Å². The Balaban J connectivity index is 2.14. The van der Waals surface area contributed by atoms with Crippen molar-refractivity contribution in [3.05, 3.63) is 59.7 Å². The summed E-state index contributed by atoms with van der Waals surface area (Å²) in [5, 5.41) is 14.1. The first-order valence-corrected chi connectivity index (χ1v) is 8.61. The quantitative estimate of drug-likeness (QED) is 0.439. The zero-order valence-electron chi connectivity index (χ0n) is 15.3. The van der Waals surface area contributed by atoms with E-state index in [4.69, 9.17) is 5.73 Å². The molecule has 0 saturated carbocycles. The van der Waals surface area contributed by atoms with E-state index in [0.29, 0.717) is 27.5 Å². The van der Waals surface area contributed by atoms with Crippen molar-refractivity contribution < 1.29 is 23.1 Å². The molecule has 1 amide bonds. The van der Waals surface area contributed by atoms with Gasteiger partial charge in [0, 0.05) is 17.0 Å². The number of carbonyl (C=O) groups excluding carboxylic acids is 1. The van der Waals surface area contributed by atoms with Crippen LogP contribution in [0.2, 0.25) is 0 Å². The highest BCUT2D eigenvalue weighted by Gasteiger charge is 2.30. The summed E-state index contributed by atoms with van der Waals surface area (Å²) >= 11 is 0. The fraction of sp³-hybridized carbons (Fsp3) is 0.190. The van der Waals surface area contributed by atoms with Crippen molar-refractivity contribution in [1.82, 2.24) is 5.32 Å². The van der Waals surface area contributed by atoms with Crippen molar-refractivity contribution in [3.63, 3.8) is 0 Å². The normalized spacial score (nSPS) is 11.8. The second-order valence-electron chi connectivity index (χ2n) is 6.82. The van der Waals surface area contributed by atoms with Crippen molar-refractivity contribution in [1.29, 1.82) is 0 Å². The predicted octanol–water partition coefficient (Wildman–Crippen LogP) is 4.95. The van der Waals surface area contributed by atoms with Crippen LogP contribution in [0.5, 0.6) is 5.75 Å². The number of benzene rings is 3. The van der Waals surface area contributed by atoms with E-state index >= 15 is 0 Å². The van der Waals surface area contributed by atoms with E-state index < -0.39 is 11.7 Å². The minimum Gasteiger partial charge on any atom is -0.506 e. The molecule has 3 aromatic rings. The molecule has 4 N–H and O–H groups in total. The fourth-order valence-electron chi connectivity index (χ4n) is 3.00. The van der Waals surface area contributed by atoms with E-state index in [9.17, 15) is 23.1 Å². The van der Waals surface area contributed by atoms with Crippen LogP contribution in [0, 0.1) is 0 Å². The molecule has 0 fully saturated rings. The Morgan fingerprint density at radius 2 is 1.68 bits per heavy atom. The van der Waals surface area contributed by atoms with Gasteiger partial charge in [0.05, 0.1) is 11.3 Å². The molecule has 3 rings (SSSR count). The van der Waals surface area contributed by atoms with Crippen LogP contribution in [-0.4, -0.2) is 17.1 Å². The maximum atomic E-state index is 12.8. The number of rotatable bonds is 3. The summed E-state index contributed by atoms with van der Waals surface area (Å²) < 4.78 is 38.4. The van der Waals surface area contributed by atoms with Crippen LogP contribution in [0.3, 0.4) is 0 Å². The highest BCUT2D eigenvalue weighted by Crippen LogP contribution is 2.39. The molecule has 0 aliphatic rings. The molecular weight excluding hydrogens is 369 g/mol. The molecule has 0 radical (unpaired) electrons. The molecule has 0 aliphatic heterocycles. The second-order valence-corrected chi connectivity index (χ2v) is 6.82. The molecule has 0 aliphatic carbocycles. The third kappa shape index (κ3) is 3.74. The molecule has 0 bridgehead atoms. The number of halogens is 3. The first-order chi connectivity index (χ1) is 13.1. The Morgan fingerprint density at radius 3 is 2.25 bits per heavy atom. The van der Waals surface area contributed by atoms with Gasteiger partial charge in [-0.15, -0.1) is 0 Å². The highest BCUT2D eigenvalue weighted by molar-refractivity contribution is 6.08. The minimum atomic E-state index is -4.43. The summed E-state index contributed by atoms with van der Waals surface area (Å²) in [6.45, 7) is 3.67. The summed E-state index contributed by atoms with van der Waals surface area (Å²) in [4.78, 5) is 12.3. The molecule has 0 atom stereocenters. The van der Waals surface area contributed by atoms with E-state index in [1.165, 1.54) is 18.2 Å². The van der Waals surface area contributed by atoms with Crippen LogP contribution < -0.4 is 11.1 Å².